The van der Waals surface area contributed by atoms with Gasteiger partial charge in [-0.05, 0) is 17.5 Å². The van der Waals surface area contributed by atoms with Crippen LogP contribution >= 0.6 is 0 Å². The van der Waals surface area contributed by atoms with Crippen molar-refractivity contribution in [3.8, 4) is 0 Å². The first-order valence-corrected chi connectivity index (χ1v) is 12.0. The minimum atomic E-state index is 0. The number of hydrogen-bond acceptors (Lipinski definition) is 7. The van der Waals surface area contributed by atoms with Crippen LogP contribution in [0.4, 0.5) is 0 Å². The van der Waals surface area contributed by atoms with E-state index in [-0.39, 0.29) is 14.0 Å². The highest BCUT2D eigenvalue weighted by Crippen LogP contribution is 2.00. The molecule has 2 aromatic rings. The second-order valence-electron chi connectivity index (χ2n) is 7.25. The van der Waals surface area contributed by atoms with Crippen LogP contribution in [-0.4, -0.2) is 77.8 Å². The zero-order valence-corrected chi connectivity index (χ0v) is 20.6. The lowest BCUT2D eigenvalue weighted by Crippen LogP contribution is -2.10. The summed E-state index contributed by atoms with van der Waals surface area (Å²) in [6.45, 7) is 9.37. The molecule has 0 bridgehead atoms. The summed E-state index contributed by atoms with van der Waals surface area (Å²) >= 11 is 0. The molecule has 7 heteroatoms. The first-order chi connectivity index (χ1) is 16.9. The van der Waals surface area contributed by atoms with Gasteiger partial charge in [-0.1, -0.05) is 75.0 Å². The monoisotopic (exact) mass is 494 g/mol. The van der Waals surface area contributed by atoms with Crippen LogP contribution < -0.4 is 0 Å². The third-order valence-corrected chi connectivity index (χ3v) is 4.30. The van der Waals surface area contributed by atoms with E-state index in [2.05, 4.69) is 19.1 Å². The van der Waals surface area contributed by atoms with Crippen LogP contribution in [0.1, 0.15) is 31.9 Å². The van der Waals surface area contributed by atoms with Gasteiger partial charge in [0, 0.05) is 6.61 Å². The molecular formula is C28H46O7. The van der Waals surface area contributed by atoms with E-state index in [1.54, 1.807) is 0 Å². The van der Waals surface area contributed by atoms with Crippen molar-refractivity contribution in [1.82, 2.24) is 0 Å². The molecule has 0 amide bonds. The van der Waals surface area contributed by atoms with Gasteiger partial charge in [-0.2, -0.15) is 0 Å². The van der Waals surface area contributed by atoms with Crippen molar-refractivity contribution in [2.75, 3.05) is 72.7 Å². The SMILES string of the molecule is C.CCCOCCOCCOCc1ccccc1.OCCOCCOCCOCc1ccccc1. The van der Waals surface area contributed by atoms with Crippen LogP contribution in [-0.2, 0) is 41.6 Å². The maximum Gasteiger partial charge on any atom is 0.0718 e. The van der Waals surface area contributed by atoms with Gasteiger partial charge >= 0.3 is 0 Å². The number of ether oxygens (including phenoxy) is 6. The van der Waals surface area contributed by atoms with Crippen molar-refractivity contribution in [3.63, 3.8) is 0 Å². The van der Waals surface area contributed by atoms with Crippen molar-refractivity contribution in [2.24, 2.45) is 0 Å². The molecule has 0 saturated heterocycles. The molecule has 0 saturated carbocycles. The van der Waals surface area contributed by atoms with Gasteiger partial charge in [-0.15, -0.1) is 0 Å². The second-order valence-corrected chi connectivity index (χ2v) is 7.25. The molecule has 0 heterocycles. The van der Waals surface area contributed by atoms with E-state index in [9.17, 15) is 0 Å². The molecule has 2 aromatic carbocycles. The summed E-state index contributed by atoms with van der Waals surface area (Å²) in [7, 11) is 0. The molecular weight excluding hydrogens is 448 g/mol. The molecule has 200 valence electrons. The smallest absolute Gasteiger partial charge is 0.0718 e. The third kappa shape index (κ3) is 22.4. The summed E-state index contributed by atoms with van der Waals surface area (Å²) in [6, 6.07) is 20.2. The maximum atomic E-state index is 8.46. The predicted octanol–water partition coefficient (Wildman–Crippen LogP) is 4.51. The average molecular weight is 495 g/mol. The maximum absolute atomic E-state index is 8.46. The zero-order chi connectivity index (χ0) is 24.4. The number of benzene rings is 2. The minimum Gasteiger partial charge on any atom is -0.394 e. The van der Waals surface area contributed by atoms with Crippen molar-refractivity contribution in [1.29, 1.82) is 0 Å². The molecule has 0 atom stereocenters. The van der Waals surface area contributed by atoms with E-state index in [0.717, 1.165) is 13.0 Å². The topological polar surface area (TPSA) is 75.6 Å². The van der Waals surface area contributed by atoms with Crippen molar-refractivity contribution >= 4 is 0 Å². The summed E-state index contributed by atoms with van der Waals surface area (Å²) in [5.74, 6) is 0. The largest absolute Gasteiger partial charge is 0.394 e. The molecule has 0 fully saturated rings. The van der Waals surface area contributed by atoms with Crippen molar-refractivity contribution in [2.45, 2.75) is 34.0 Å². The summed E-state index contributed by atoms with van der Waals surface area (Å²) < 4.78 is 31.9. The van der Waals surface area contributed by atoms with Gasteiger partial charge in [0.25, 0.3) is 0 Å². The number of hydrogen-bond donors (Lipinski definition) is 1. The van der Waals surface area contributed by atoms with E-state index in [1.165, 1.54) is 11.1 Å². The molecule has 0 aliphatic heterocycles. The van der Waals surface area contributed by atoms with Crippen LogP contribution in [0.3, 0.4) is 0 Å². The van der Waals surface area contributed by atoms with Gasteiger partial charge in [-0.25, -0.2) is 0 Å². The van der Waals surface area contributed by atoms with Crippen LogP contribution in [0.25, 0.3) is 0 Å². The Hall–Kier alpha value is -1.84. The van der Waals surface area contributed by atoms with Crippen molar-refractivity contribution < 1.29 is 33.5 Å². The highest BCUT2D eigenvalue weighted by molar-refractivity contribution is 5.14. The molecule has 0 aliphatic carbocycles. The Kier molecular flexibility index (Phi) is 25.4. The van der Waals surface area contributed by atoms with Gasteiger partial charge in [-0.3, -0.25) is 0 Å². The molecule has 2 rings (SSSR count). The van der Waals surface area contributed by atoms with E-state index >= 15 is 0 Å². The lowest BCUT2D eigenvalue weighted by atomic mass is 10.2. The summed E-state index contributed by atoms with van der Waals surface area (Å²) in [4.78, 5) is 0. The fourth-order valence-electron chi connectivity index (χ4n) is 2.62. The highest BCUT2D eigenvalue weighted by atomic mass is 16.5. The van der Waals surface area contributed by atoms with Crippen LogP contribution in [0.2, 0.25) is 0 Å². The molecule has 35 heavy (non-hydrogen) atoms. The van der Waals surface area contributed by atoms with E-state index < -0.39 is 0 Å². The highest BCUT2D eigenvalue weighted by Gasteiger charge is 1.94. The lowest BCUT2D eigenvalue weighted by molar-refractivity contribution is 0.00451. The van der Waals surface area contributed by atoms with Crippen molar-refractivity contribution in [3.05, 3.63) is 71.8 Å². The summed E-state index contributed by atoms with van der Waals surface area (Å²) in [5.41, 5.74) is 2.36. The molecule has 0 unspecified atom stereocenters. The van der Waals surface area contributed by atoms with Gasteiger partial charge < -0.3 is 33.5 Å². The summed E-state index contributed by atoms with van der Waals surface area (Å²) in [5, 5.41) is 8.46. The number of aliphatic hydroxyl groups excluding tert-OH is 1. The molecule has 7 nitrogen and oxygen atoms in total. The Morgan fingerprint density at radius 1 is 0.486 bits per heavy atom. The van der Waals surface area contributed by atoms with Crippen LogP contribution in [0, 0.1) is 0 Å². The Morgan fingerprint density at radius 2 is 0.829 bits per heavy atom. The second kappa shape index (κ2) is 26.8. The quantitative estimate of drug-likeness (QED) is 0.271. The summed E-state index contributed by atoms with van der Waals surface area (Å²) in [6.07, 6.45) is 1.06. The van der Waals surface area contributed by atoms with E-state index in [0.29, 0.717) is 72.7 Å². The fraction of sp³-hybridized carbons (Fsp3) is 0.571. The van der Waals surface area contributed by atoms with Gasteiger partial charge in [0.15, 0.2) is 0 Å². The fourth-order valence-corrected chi connectivity index (χ4v) is 2.62. The standard InChI is InChI=1S/C14H22O3.C13H20O4.CH4/c1-2-8-15-9-10-16-11-12-17-13-14-6-4-3-5-7-14;14-6-7-15-8-9-16-10-11-17-12-13-4-2-1-3-5-13;/h3-7H,2,8-13H2,1H3;1-5,14H,6-12H2;1H4. The average Bonchev–Trinajstić information content (AvgIpc) is 2.88. The Labute approximate surface area is 212 Å². The predicted molar refractivity (Wildman–Crippen MR) is 140 cm³/mol. The van der Waals surface area contributed by atoms with Crippen LogP contribution in [0.15, 0.2) is 60.7 Å². The minimum absolute atomic E-state index is 0. The lowest BCUT2D eigenvalue weighted by Gasteiger charge is -2.06. The first-order valence-electron chi connectivity index (χ1n) is 12.0. The Bertz CT molecular complexity index is 583. The molecule has 0 radical (unpaired) electrons. The molecule has 0 aromatic heterocycles. The van der Waals surface area contributed by atoms with E-state index in [4.69, 9.17) is 33.5 Å². The van der Waals surface area contributed by atoms with E-state index in [1.807, 2.05) is 48.5 Å². The molecule has 1 N–H and O–H groups in total. The molecule has 0 spiro atoms. The normalized spacial score (nSPS) is 10.3. The number of aliphatic hydroxyl groups is 1. The van der Waals surface area contributed by atoms with Crippen LogP contribution in [0.5, 0.6) is 0 Å². The van der Waals surface area contributed by atoms with Gasteiger partial charge in [0.1, 0.15) is 0 Å². The van der Waals surface area contributed by atoms with Gasteiger partial charge in [0.2, 0.25) is 0 Å². The zero-order valence-electron chi connectivity index (χ0n) is 20.6. The Morgan fingerprint density at radius 3 is 1.20 bits per heavy atom. The third-order valence-electron chi connectivity index (χ3n) is 4.30. The van der Waals surface area contributed by atoms with Gasteiger partial charge in [0.05, 0.1) is 79.3 Å². The number of rotatable bonds is 20. The Balaban J connectivity index is 0.000000642. The molecule has 0 aliphatic rings. The first kappa shape index (κ1) is 33.2.